The first-order valence-electron chi connectivity index (χ1n) is 20.5. The van der Waals surface area contributed by atoms with Gasteiger partial charge in [0.2, 0.25) is 11.8 Å². The van der Waals surface area contributed by atoms with Crippen molar-refractivity contribution in [2.45, 2.75) is 123 Å². The van der Waals surface area contributed by atoms with Crippen molar-refractivity contribution in [2.75, 3.05) is 98.7 Å². The lowest BCUT2D eigenvalue weighted by Gasteiger charge is -2.34. The van der Waals surface area contributed by atoms with Gasteiger partial charge in [0.15, 0.2) is 11.9 Å². The first-order valence-corrected chi connectivity index (χ1v) is 20.5. The third kappa shape index (κ3) is 17.1. The van der Waals surface area contributed by atoms with Gasteiger partial charge in [0, 0.05) is 58.9 Å². The predicted octanol–water partition coefficient (Wildman–Crippen LogP) is -0.754. The second-order valence-corrected chi connectivity index (χ2v) is 18.8. The summed E-state index contributed by atoms with van der Waals surface area (Å²) >= 11 is 0. The van der Waals surface area contributed by atoms with Gasteiger partial charge < -0.3 is 48.9 Å². The summed E-state index contributed by atoms with van der Waals surface area (Å²) in [7, 11) is 1.15. The van der Waals surface area contributed by atoms with Gasteiger partial charge >= 0.3 is 29.7 Å². The second-order valence-electron chi connectivity index (χ2n) is 18.8. The Kier molecular flexibility index (Phi) is 17.8. The lowest BCUT2D eigenvalue weighted by molar-refractivity contribution is -0.263. The number of hydrogen-bond acceptors (Lipinski definition) is 18. The van der Waals surface area contributed by atoms with E-state index in [2.05, 4.69) is 10.6 Å². The Morgan fingerprint density at radius 2 is 1.00 bits per heavy atom. The van der Waals surface area contributed by atoms with Crippen LogP contribution < -0.4 is 10.6 Å². The maximum absolute atomic E-state index is 13.3. The van der Waals surface area contributed by atoms with Crippen LogP contribution in [0.3, 0.4) is 0 Å². The molecule has 3 heterocycles. The molecule has 0 aromatic carbocycles. The number of methoxy groups -OCH3 is 1. The van der Waals surface area contributed by atoms with Crippen molar-refractivity contribution in [3.05, 3.63) is 0 Å². The van der Waals surface area contributed by atoms with Gasteiger partial charge in [-0.05, 0) is 76.2 Å². The molecule has 0 bridgehead atoms. The molecule has 344 valence electrons. The molecule has 3 aliphatic rings. The van der Waals surface area contributed by atoms with Crippen molar-refractivity contribution in [1.29, 1.82) is 0 Å². The average Bonchev–Trinajstić information content (AvgIpc) is 3.51. The molecule has 3 saturated heterocycles. The maximum atomic E-state index is 13.3. The molecule has 20 heteroatoms. The fourth-order valence-electron chi connectivity index (χ4n) is 6.81. The first-order chi connectivity index (χ1) is 27.6. The zero-order valence-electron chi connectivity index (χ0n) is 37.7. The van der Waals surface area contributed by atoms with Crippen LogP contribution in [0.15, 0.2) is 0 Å². The molecule has 2 amide bonds. The van der Waals surface area contributed by atoms with Crippen LogP contribution in [0.25, 0.3) is 0 Å². The van der Waals surface area contributed by atoms with Crippen LogP contribution in [-0.2, 0) is 61.9 Å². The summed E-state index contributed by atoms with van der Waals surface area (Å²) in [6.45, 7) is 21.3. The highest BCUT2D eigenvalue weighted by Gasteiger charge is 2.69. The predicted molar refractivity (Wildman–Crippen MR) is 215 cm³/mol. The Balaban J connectivity index is 1.69. The minimum Gasteiger partial charge on any atom is -0.465 e. The van der Waals surface area contributed by atoms with Gasteiger partial charge in [-0.15, -0.1) is 0 Å². The summed E-state index contributed by atoms with van der Waals surface area (Å²) in [6.07, 6.45) is -3.62. The van der Waals surface area contributed by atoms with Crippen molar-refractivity contribution in [3.63, 3.8) is 0 Å². The number of fused-ring (bicyclic) bond motifs is 1. The largest absolute Gasteiger partial charge is 0.465 e. The number of nitrogens with one attached hydrogen (secondary N) is 2. The molecule has 3 N–H and O–H groups in total. The van der Waals surface area contributed by atoms with Crippen molar-refractivity contribution in [3.8, 4) is 0 Å². The lowest BCUT2D eigenvalue weighted by atomic mass is 10.1. The fraction of sp³-hybridized carbons (Fsp3) is 0.850. The van der Waals surface area contributed by atoms with Crippen LogP contribution in [-0.4, -0.2) is 206 Å². The van der Waals surface area contributed by atoms with Crippen molar-refractivity contribution >= 4 is 35.7 Å². The number of rotatable bonds is 13. The van der Waals surface area contributed by atoms with E-state index in [1.807, 2.05) is 19.6 Å². The summed E-state index contributed by atoms with van der Waals surface area (Å²) < 4.78 is 38.9. The van der Waals surface area contributed by atoms with Crippen LogP contribution in [0.4, 0.5) is 0 Å². The molecule has 0 spiro atoms. The number of hydrogen-bond donors (Lipinski definition) is 3. The van der Waals surface area contributed by atoms with Gasteiger partial charge in [-0.1, -0.05) is 0 Å². The number of esters is 4. The van der Waals surface area contributed by atoms with Crippen LogP contribution in [0.5, 0.6) is 0 Å². The summed E-state index contributed by atoms with van der Waals surface area (Å²) in [5, 5.41) is 16.1. The van der Waals surface area contributed by atoms with Crippen LogP contribution in [0.1, 0.15) is 76.2 Å². The first kappa shape index (κ1) is 50.9. The van der Waals surface area contributed by atoms with E-state index in [1.165, 1.54) is 0 Å². The van der Waals surface area contributed by atoms with E-state index in [1.54, 1.807) is 76.2 Å². The van der Waals surface area contributed by atoms with Crippen LogP contribution in [0, 0.1) is 0 Å². The third-order valence-electron chi connectivity index (χ3n) is 9.23. The summed E-state index contributed by atoms with van der Waals surface area (Å²) in [5.41, 5.74) is -2.08. The molecule has 0 aromatic heterocycles. The Bertz CT molecular complexity index is 1460. The van der Waals surface area contributed by atoms with Gasteiger partial charge in [-0.2, -0.15) is 0 Å². The molecule has 0 aromatic rings. The van der Waals surface area contributed by atoms with E-state index in [-0.39, 0.29) is 32.7 Å². The van der Waals surface area contributed by atoms with Gasteiger partial charge in [0.05, 0.1) is 39.8 Å². The zero-order valence-corrected chi connectivity index (χ0v) is 37.7. The summed E-state index contributed by atoms with van der Waals surface area (Å²) in [4.78, 5) is 85.3. The van der Waals surface area contributed by atoms with Crippen molar-refractivity contribution < 1.29 is 67.0 Å². The zero-order chi connectivity index (χ0) is 45.3. The molecule has 4 atom stereocenters. The van der Waals surface area contributed by atoms with E-state index < -0.39 is 88.9 Å². The normalized spacial score (nSPS) is 25.2. The van der Waals surface area contributed by atoms with Crippen LogP contribution >= 0.6 is 0 Å². The number of amides is 2. The number of nitrogens with zero attached hydrogens (tertiary/aromatic N) is 4. The number of aliphatic hydroxyl groups excluding tert-OH is 1. The molecule has 0 saturated carbocycles. The molecule has 0 radical (unpaired) electrons. The van der Waals surface area contributed by atoms with E-state index >= 15 is 0 Å². The second kappa shape index (κ2) is 21.0. The Morgan fingerprint density at radius 1 is 0.617 bits per heavy atom. The van der Waals surface area contributed by atoms with Crippen molar-refractivity contribution in [2.24, 2.45) is 0 Å². The van der Waals surface area contributed by atoms with E-state index in [0.717, 1.165) is 7.11 Å². The number of aliphatic hydroxyl groups is 1. The number of carbonyl (C=O) groups excluding carboxylic acids is 6. The smallest absolute Gasteiger partial charge is 0.369 e. The number of carbonyl (C=O) groups is 6. The Labute approximate surface area is 354 Å². The van der Waals surface area contributed by atoms with Gasteiger partial charge in [-0.3, -0.25) is 43.6 Å². The maximum Gasteiger partial charge on any atom is 0.369 e. The van der Waals surface area contributed by atoms with Gasteiger partial charge in [-0.25, -0.2) is 4.79 Å². The number of ether oxygens (including phenoxy) is 7. The van der Waals surface area contributed by atoms with Crippen LogP contribution in [0.2, 0.25) is 0 Å². The molecular weight excluding hydrogens is 788 g/mol. The van der Waals surface area contributed by atoms with E-state index in [0.29, 0.717) is 52.4 Å². The summed E-state index contributed by atoms with van der Waals surface area (Å²) in [5.74, 6) is -6.41. The van der Waals surface area contributed by atoms with Crippen molar-refractivity contribution in [1.82, 2.24) is 30.2 Å². The monoisotopic (exact) mass is 858 g/mol. The Morgan fingerprint density at radius 3 is 1.37 bits per heavy atom. The highest BCUT2D eigenvalue weighted by atomic mass is 16.9. The summed E-state index contributed by atoms with van der Waals surface area (Å²) in [6, 6.07) is 0. The molecule has 0 unspecified atom stereocenters. The minimum atomic E-state index is -2.01. The molecule has 3 aliphatic heterocycles. The topological polar surface area (TPSA) is 224 Å². The highest BCUT2D eigenvalue weighted by molar-refractivity contribution is 5.85. The van der Waals surface area contributed by atoms with Gasteiger partial charge in [0.1, 0.15) is 29.0 Å². The fourth-order valence-corrected chi connectivity index (χ4v) is 6.81. The highest BCUT2D eigenvalue weighted by Crippen LogP contribution is 2.46. The molecule has 0 aliphatic carbocycles. The molecule has 3 fully saturated rings. The molecule has 20 nitrogen and oxygen atoms in total. The lowest BCUT2D eigenvalue weighted by Crippen LogP contribution is -2.51. The Hall–Kier alpha value is -3.50. The SMILES string of the molecule is COC(=O)[C@@]12O[C@@H](CNC(=O)CNC(=O)CN3CCN(CC(=O)OC(C)(C)C)CCN(CC(=O)OC(C)(C)C)CCN(CC(=O)OC(C)(C)C)CC3)[C@@H](O)[C@@H]1OC(C)(C)O2. The van der Waals surface area contributed by atoms with E-state index in [9.17, 15) is 33.9 Å². The third-order valence-corrected chi connectivity index (χ3v) is 9.23. The molecule has 3 rings (SSSR count). The standard InChI is InChI=1S/C40H70N6O14/c1-36(2,3)56-30(49)24-44-15-13-43(14-16-45(25-31(50)57-37(4,5)6)18-20-46(19-17-44)26-32(51)58-38(7,8)9)23-29(48)42-22-28(47)41-21-27-33(52)34-40(55-27,35(53)54-12)60-39(10,11)59-34/h27,33-34,52H,13-26H2,1-12H3,(H,41,47)(H,42,48)/t27-,33+,34-,40+/m0/s1. The average molecular weight is 859 g/mol. The van der Waals surface area contributed by atoms with Gasteiger partial charge in [0.25, 0.3) is 0 Å². The van der Waals surface area contributed by atoms with E-state index in [4.69, 9.17) is 33.2 Å². The molecule has 60 heavy (non-hydrogen) atoms. The minimum absolute atomic E-state index is 0.00191. The quantitative estimate of drug-likeness (QED) is 0.153. The molecular formula is C40H70N6O14.